The number of carbonyl (C=O) groups excluding carboxylic acids is 1. The molecule has 0 saturated carbocycles. The second kappa shape index (κ2) is 6.79. The van der Waals surface area contributed by atoms with Crippen LogP contribution in [0.15, 0.2) is 6.07 Å². The molecule has 1 atom stereocenters. The molecule has 0 bridgehead atoms. The van der Waals surface area contributed by atoms with E-state index in [4.69, 9.17) is 0 Å². The molecule has 0 unspecified atom stereocenters. The smallest absolute Gasteiger partial charge is 0.270 e. The van der Waals surface area contributed by atoms with Crippen LogP contribution in [0.5, 0.6) is 0 Å². The normalized spacial score (nSPS) is 19.9. The highest BCUT2D eigenvalue weighted by Gasteiger charge is 2.22. The second-order valence-corrected chi connectivity index (χ2v) is 5.58. The molecule has 1 N–H and O–H groups in total. The molecule has 0 radical (unpaired) electrons. The summed E-state index contributed by atoms with van der Waals surface area (Å²) in [6, 6.07) is 1.86. The van der Waals surface area contributed by atoms with E-state index in [1.807, 2.05) is 19.9 Å². The fourth-order valence-electron chi connectivity index (χ4n) is 2.65. The van der Waals surface area contributed by atoms with Gasteiger partial charge in [0.2, 0.25) is 0 Å². The molecular weight excluding hydrogens is 252 g/mol. The minimum atomic E-state index is -0.0947. The van der Waals surface area contributed by atoms with Crippen molar-refractivity contribution in [1.29, 1.82) is 0 Å². The van der Waals surface area contributed by atoms with E-state index in [9.17, 15) is 4.79 Å². The van der Waals surface area contributed by atoms with E-state index in [2.05, 4.69) is 27.2 Å². The highest BCUT2D eigenvalue weighted by atomic mass is 16.1. The third-order valence-electron chi connectivity index (χ3n) is 3.67. The van der Waals surface area contributed by atoms with Crippen LogP contribution in [0, 0.1) is 6.92 Å². The van der Waals surface area contributed by atoms with Gasteiger partial charge in [-0.15, -0.1) is 0 Å². The number of carbonyl (C=O) groups is 1. The van der Waals surface area contributed by atoms with Crippen LogP contribution in [0.1, 0.15) is 54.1 Å². The Morgan fingerprint density at radius 1 is 1.50 bits per heavy atom. The Morgan fingerprint density at radius 2 is 2.30 bits per heavy atom. The molecule has 1 amide bonds. The van der Waals surface area contributed by atoms with E-state index in [-0.39, 0.29) is 5.91 Å². The maximum Gasteiger partial charge on any atom is 0.270 e. The summed E-state index contributed by atoms with van der Waals surface area (Å²) < 4.78 is 0. The van der Waals surface area contributed by atoms with Gasteiger partial charge < -0.3 is 10.2 Å². The average Bonchev–Trinajstić information content (AvgIpc) is 2.44. The second-order valence-electron chi connectivity index (χ2n) is 5.58. The Kier molecular flexibility index (Phi) is 5.06. The lowest BCUT2D eigenvalue weighted by atomic mass is 9.94. The van der Waals surface area contributed by atoms with Gasteiger partial charge in [-0.1, -0.05) is 6.92 Å². The topological polar surface area (TPSA) is 58.1 Å². The van der Waals surface area contributed by atoms with Crippen LogP contribution in [-0.2, 0) is 0 Å². The molecule has 2 rings (SSSR count). The summed E-state index contributed by atoms with van der Waals surface area (Å²) in [5, 5.41) is 2.88. The van der Waals surface area contributed by atoms with Crippen molar-refractivity contribution in [3.8, 4) is 0 Å². The number of nitrogens with one attached hydrogen (secondary N) is 1. The largest absolute Gasteiger partial charge is 0.351 e. The summed E-state index contributed by atoms with van der Waals surface area (Å²) in [7, 11) is 2.13. The van der Waals surface area contributed by atoms with Crippen molar-refractivity contribution in [3.05, 3.63) is 23.3 Å². The molecule has 5 nitrogen and oxygen atoms in total. The zero-order valence-corrected chi connectivity index (χ0v) is 12.6. The molecule has 0 aliphatic carbocycles. The average molecular weight is 276 g/mol. The third-order valence-corrected chi connectivity index (χ3v) is 3.67. The maximum absolute atomic E-state index is 12.0. The maximum atomic E-state index is 12.0. The van der Waals surface area contributed by atoms with Crippen LogP contribution in [-0.4, -0.2) is 47.5 Å². The highest BCUT2D eigenvalue weighted by Crippen LogP contribution is 2.25. The number of amides is 1. The molecule has 1 aliphatic rings. The number of aryl methyl sites for hydroxylation is 1. The number of hydrogen-bond acceptors (Lipinski definition) is 4. The van der Waals surface area contributed by atoms with Crippen molar-refractivity contribution in [2.75, 3.05) is 26.7 Å². The first-order chi connectivity index (χ1) is 9.60. The summed E-state index contributed by atoms with van der Waals surface area (Å²) in [5.74, 6) is 0.994. The molecule has 20 heavy (non-hydrogen) atoms. The Bertz CT molecular complexity index is 475. The van der Waals surface area contributed by atoms with Gasteiger partial charge >= 0.3 is 0 Å². The number of likely N-dealkylation sites (N-methyl/N-ethyl adjacent to an activating group) is 1. The molecule has 110 valence electrons. The fraction of sp³-hybridized carbons (Fsp3) is 0.667. The van der Waals surface area contributed by atoms with Crippen molar-refractivity contribution >= 4 is 5.91 Å². The van der Waals surface area contributed by atoms with Crippen molar-refractivity contribution in [1.82, 2.24) is 20.2 Å². The molecule has 0 spiro atoms. The van der Waals surface area contributed by atoms with E-state index in [1.165, 1.54) is 6.42 Å². The lowest BCUT2D eigenvalue weighted by molar-refractivity contribution is 0.0948. The first-order valence-corrected chi connectivity index (χ1v) is 7.42. The molecular formula is C15H24N4O. The molecule has 1 fully saturated rings. The van der Waals surface area contributed by atoms with Gasteiger partial charge in [0.15, 0.2) is 0 Å². The quantitative estimate of drug-likeness (QED) is 0.910. The van der Waals surface area contributed by atoms with Gasteiger partial charge in [-0.2, -0.15) is 0 Å². The van der Waals surface area contributed by atoms with Gasteiger partial charge in [-0.25, -0.2) is 9.97 Å². The van der Waals surface area contributed by atoms with Crippen LogP contribution >= 0.6 is 0 Å². The van der Waals surface area contributed by atoms with Crippen molar-refractivity contribution in [3.63, 3.8) is 0 Å². The van der Waals surface area contributed by atoms with E-state index in [1.54, 1.807) is 0 Å². The van der Waals surface area contributed by atoms with Gasteiger partial charge in [-0.3, -0.25) is 4.79 Å². The Hall–Kier alpha value is -1.49. The van der Waals surface area contributed by atoms with E-state index in [0.29, 0.717) is 24.0 Å². The predicted octanol–water partition coefficient (Wildman–Crippen LogP) is 1.73. The van der Waals surface area contributed by atoms with Crippen molar-refractivity contribution < 1.29 is 4.79 Å². The fourth-order valence-corrected chi connectivity index (χ4v) is 2.65. The van der Waals surface area contributed by atoms with E-state index < -0.39 is 0 Å². The number of hydrogen-bond donors (Lipinski definition) is 1. The van der Waals surface area contributed by atoms with Crippen molar-refractivity contribution in [2.45, 2.75) is 39.0 Å². The Morgan fingerprint density at radius 3 is 3.00 bits per heavy atom. The third kappa shape index (κ3) is 3.76. The van der Waals surface area contributed by atoms with E-state index in [0.717, 1.165) is 31.6 Å². The molecule has 5 heteroatoms. The van der Waals surface area contributed by atoms with Crippen molar-refractivity contribution in [2.24, 2.45) is 0 Å². The Balaban J connectivity index is 2.17. The lowest BCUT2D eigenvalue weighted by Gasteiger charge is -2.29. The molecule has 1 aliphatic heterocycles. The van der Waals surface area contributed by atoms with Gasteiger partial charge in [0.25, 0.3) is 5.91 Å². The van der Waals surface area contributed by atoms with Crippen LogP contribution < -0.4 is 5.32 Å². The summed E-state index contributed by atoms with van der Waals surface area (Å²) in [6.45, 7) is 6.72. The number of piperidine rings is 1. The number of rotatable bonds is 4. The minimum absolute atomic E-state index is 0.0947. The standard InChI is InChI=1S/C15H24N4O/c1-4-7-16-15(20)14-9-13(17-11(2)18-14)12-6-5-8-19(3)10-12/h9,12H,4-8,10H2,1-3H3,(H,16,20)/t12-/m0/s1. The Labute approximate surface area is 120 Å². The SMILES string of the molecule is CCCNC(=O)c1cc([C@H]2CCCN(C)C2)nc(C)n1. The number of aromatic nitrogens is 2. The molecule has 1 aromatic heterocycles. The zero-order chi connectivity index (χ0) is 14.5. The monoisotopic (exact) mass is 276 g/mol. The predicted molar refractivity (Wildman–Crippen MR) is 78.9 cm³/mol. The lowest BCUT2D eigenvalue weighted by Crippen LogP contribution is -2.32. The minimum Gasteiger partial charge on any atom is -0.351 e. The van der Waals surface area contributed by atoms with E-state index >= 15 is 0 Å². The van der Waals surface area contributed by atoms with Crippen LogP contribution in [0.25, 0.3) is 0 Å². The van der Waals surface area contributed by atoms with Crippen LogP contribution in [0.4, 0.5) is 0 Å². The first-order valence-electron chi connectivity index (χ1n) is 7.42. The van der Waals surface area contributed by atoms with Gasteiger partial charge in [-0.05, 0) is 45.8 Å². The number of likely N-dealkylation sites (tertiary alicyclic amines) is 1. The van der Waals surface area contributed by atoms with Gasteiger partial charge in [0, 0.05) is 24.7 Å². The van der Waals surface area contributed by atoms with Gasteiger partial charge in [0.05, 0.1) is 0 Å². The molecule has 2 heterocycles. The molecule has 1 aromatic rings. The summed E-state index contributed by atoms with van der Waals surface area (Å²) >= 11 is 0. The van der Waals surface area contributed by atoms with Crippen LogP contribution in [0.3, 0.4) is 0 Å². The van der Waals surface area contributed by atoms with Gasteiger partial charge in [0.1, 0.15) is 11.5 Å². The first kappa shape index (κ1) is 14.9. The number of nitrogens with zero attached hydrogens (tertiary/aromatic N) is 3. The highest BCUT2D eigenvalue weighted by molar-refractivity contribution is 5.92. The summed E-state index contributed by atoms with van der Waals surface area (Å²) in [5.41, 5.74) is 1.50. The van der Waals surface area contributed by atoms with Crippen LogP contribution in [0.2, 0.25) is 0 Å². The molecule has 1 saturated heterocycles. The summed E-state index contributed by atoms with van der Waals surface area (Å²) in [4.78, 5) is 23.2. The zero-order valence-electron chi connectivity index (χ0n) is 12.6. The summed E-state index contributed by atoms with van der Waals surface area (Å²) in [6.07, 6.45) is 3.24. The molecule has 0 aromatic carbocycles.